The number of benzene rings is 2. The number of methoxy groups -OCH3 is 1. The fourth-order valence-corrected chi connectivity index (χ4v) is 2.95. The van der Waals surface area contributed by atoms with Crippen LogP contribution in [0.2, 0.25) is 0 Å². The molecule has 0 aliphatic rings. The van der Waals surface area contributed by atoms with Crippen LogP contribution in [0, 0.1) is 0 Å². The maximum atomic E-state index is 12.4. The molecular weight excluding hydrogens is 414 g/mol. The first-order valence-corrected chi connectivity index (χ1v) is 9.59. The quantitative estimate of drug-likeness (QED) is 0.330. The van der Waals surface area contributed by atoms with E-state index in [1.807, 2.05) is 0 Å². The summed E-state index contributed by atoms with van der Waals surface area (Å²) < 4.78 is 4.80. The highest BCUT2D eigenvalue weighted by Crippen LogP contribution is 2.28. The molecule has 0 unspecified atom stereocenters. The Balaban J connectivity index is 1.68. The number of aromatic hydroxyl groups is 2. The Bertz CT molecular complexity index is 1120. The number of phenolic OH excluding ortho intramolecular Hbond substituents is 2. The third kappa shape index (κ3) is 5.39. The van der Waals surface area contributed by atoms with Gasteiger partial charge in [0.2, 0.25) is 0 Å². The minimum atomic E-state index is -0.919. The van der Waals surface area contributed by atoms with Crippen molar-refractivity contribution >= 4 is 23.5 Å². The molecule has 32 heavy (non-hydrogen) atoms. The highest BCUT2D eigenvalue weighted by atomic mass is 16.5. The van der Waals surface area contributed by atoms with E-state index in [4.69, 9.17) is 4.74 Å². The molecule has 0 aliphatic heterocycles. The van der Waals surface area contributed by atoms with Gasteiger partial charge in [-0.25, -0.2) is 4.79 Å². The summed E-state index contributed by atoms with van der Waals surface area (Å²) in [5, 5.41) is 24.6. The first-order chi connectivity index (χ1) is 15.4. The first kappa shape index (κ1) is 22.3. The number of anilines is 1. The molecule has 0 bridgehead atoms. The predicted molar refractivity (Wildman–Crippen MR) is 115 cm³/mol. The van der Waals surface area contributed by atoms with Crippen molar-refractivity contribution in [1.82, 2.24) is 10.3 Å². The van der Waals surface area contributed by atoms with Gasteiger partial charge in [0.25, 0.3) is 11.8 Å². The number of esters is 1. The van der Waals surface area contributed by atoms with Crippen LogP contribution in [0.3, 0.4) is 0 Å². The molecule has 1 atom stereocenters. The van der Waals surface area contributed by atoms with Gasteiger partial charge in [-0.05, 0) is 42.0 Å². The van der Waals surface area contributed by atoms with Crippen molar-refractivity contribution in [3.8, 4) is 11.5 Å². The molecule has 9 nitrogen and oxygen atoms in total. The van der Waals surface area contributed by atoms with Gasteiger partial charge in [0.05, 0.1) is 18.2 Å². The first-order valence-electron chi connectivity index (χ1n) is 9.59. The third-order valence-electron chi connectivity index (χ3n) is 4.63. The summed E-state index contributed by atoms with van der Waals surface area (Å²) in [5.74, 6) is -2.55. The number of para-hydroxylation sites is 1. The molecule has 164 valence electrons. The third-order valence-corrected chi connectivity index (χ3v) is 4.63. The van der Waals surface area contributed by atoms with Gasteiger partial charge in [0.15, 0.2) is 11.5 Å². The van der Waals surface area contributed by atoms with Crippen LogP contribution in [0.5, 0.6) is 11.5 Å². The van der Waals surface area contributed by atoms with Crippen molar-refractivity contribution < 1.29 is 29.3 Å². The van der Waals surface area contributed by atoms with E-state index in [1.54, 1.807) is 36.4 Å². The number of carbonyl (C=O) groups is 3. The molecule has 0 aliphatic carbocycles. The molecule has 3 aromatic rings. The highest BCUT2D eigenvalue weighted by Gasteiger charge is 2.23. The Hall–Kier alpha value is -4.40. The summed E-state index contributed by atoms with van der Waals surface area (Å²) in [5.41, 5.74) is 1.40. The van der Waals surface area contributed by atoms with Crippen molar-refractivity contribution in [3.05, 3.63) is 83.7 Å². The van der Waals surface area contributed by atoms with Crippen LogP contribution in [0.15, 0.2) is 67.0 Å². The van der Waals surface area contributed by atoms with Gasteiger partial charge in [-0.3, -0.25) is 14.6 Å². The fraction of sp³-hybridized carbons (Fsp3) is 0.130. The Labute approximate surface area is 183 Å². The summed E-state index contributed by atoms with van der Waals surface area (Å²) in [7, 11) is 1.24. The zero-order valence-corrected chi connectivity index (χ0v) is 17.1. The lowest BCUT2D eigenvalue weighted by molar-refractivity contribution is -0.142. The fourth-order valence-electron chi connectivity index (χ4n) is 2.95. The minimum absolute atomic E-state index is 0.0713. The smallest absolute Gasteiger partial charge is 0.328 e. The van der Waals surface area contributed by atoms with Gasteiger partial charge in [-0.1, -0.05) is 18.2 Å². The molecule has 0 spiro atoms. The van der Waals surface area contributed by atoms with Crippen molar-refractivity contribution in [2.75, 3.05) is 12.4 Å². The SMILES string of the molecule is COC(=O)[C@H](Cc1ccc(NC(=O)c2cccc(O)c2O)cc1)NC(=O)c1cccnc1. The van der Waals surface area contributed by atoms with Crippen LogP contribution >= 0.6 is 0 Å². The molecule has 1 aromatic heterocycles. The highest BCUT2D eigenvalue weighted by molar-refractivity contribution is 6.06. The number of ether oxygens (including phenoxy) is 1. The van der Waals surface area contributed by atoms with Crippen LogP contribution in [-0.4, -0.2) is 46.1 Å². The van der Waals surface area contributed by atoms with E-state index in [2.05, 4.69) is 15.6 Å². The predicted octanol–water partition coefficient (Wildman–Crippen LogP) is 2.26. The molecule has 3 rings (SSSR count). The van der Waals surface area contributed by atoms with E-state index in [0.717, 1.165) is 0 Å². The number of hydrogen-bond donors (Lipinski definition) is 4. The number of nitrogens with zero attached hydrogens (tertiary/aromatic N) is 1. The van der Waals surface area contributed by atoms with Crippen molar-refractivity contribution in [2.45, 2.75) is 12.5 Å². The summed E-state index contributed by atoms with van der Waals surface area (Å²) in [6.45, 7) is 0. The second kappa shape index (κ2) is 10.1. The Morgan fingerprint density at radius 2 is 1.75 bits per heavy atom. The number of pyridine rings is 1. The molecule has 0 radical (unpaired) electrons. The van der Waals surface area contributed by atoms with Crippen LogP contribution in [0.1, 0.15) is 26.3 Å². The zero-order valence-electron chi connectivity index (χ0n) is 17.1. The molecule has 2 aromatic carbocycles. The van der Waals surface area contributed by atoms with Crippen molar-refractivity contribution in [1.29, 1.82) is 0 Å². The Morgan fingerprint density at radius 3 is 2.41 bits per heavy atom. The maximum absolute atomic E-state index is 12.4. The summed E-state index contributed by atoms with van der Waals surface area (Å²) >= 11 is 0. The topological polar surface area (TPSA) is 138 Å². The number of aromatic nitrogens is 1. The molecule has 2 amide bonds. The van der Waals surface area contributed by atoms with Gasteiger partial charge in [0.1, 0.15) is 6.04 Å². The molecule has 1 heterocycles. The molecule has 4 N–H and O–H groups in total. The molecule has 0 saturated heterocycles. The normalized spacial score (nSPS) is 11.3. The van der Waals surface area contributed by atoms with Gasteiger partial charge in [-0.2, -0.15) is 0 Å². The average Bonchev–Trinajstić information content (AvgIpc) is 2.81. The lowest BCUT2D eigenvalue weighted by Gasteiger charge is -2.17. The van der Waals surface area contributed by atoms with E-state index in [9.17, 15) is 24.6 Å². The van der Waals surface area contributed by atoms with Gasteiger partial charge >= 0.3 is 5.97 Å². The van der Waals surface area contributed by atoms with Crippen LogP contribution in [-0.2, 0) is 16.0 Å². The largest absolute Gasteiger partial charge is 0.504 e. The number of hydrogen-bond acceptors (Lipinski definition) is 7. The number of rotatable bonds is 7. The number of phenols is 2. The van der Waals surface area contributed by atoms with Gasteiger partial charge < -0.3 is 25.6 Å². The average molecular weight is 435 g/mol. The van der Waals surface area contributed by atoms with Crippen LogP contribution in [0.4, 0.5) is 5.69 Å². The molecule has 0 saturated carbocycles. The van der Waals surface area contributed by atoms with E-state index >= 15 is 0 Å². The van der Waals surface area contributed by atoms with Crippen molar-refractivity contribution in [2.24, 2.45) is 0 Å². The maximum Gasteiger partial charge on any atom is 0.328 e. The monoisotopic (exact) mass is 435 g/mol. The Morgan fingerprint density at radius 1 is 1.00 bits per heavy atom. The zero-order chi connectivity index (χ0) is 23.1. The second-order valence-electron chi connectivity index (χ2n) is 6.82. The minimum Gasteiger partial charge on any atom is -0.504 e. The standard InChI is InChI=1S/C23H21N3O6/c1-32-23(31)18(26-21(29)15-4-3-11-24-13-15)12-14-7-9-16(10-8-14)25-22(30)17-5-2-6-19(27)20(17)28/h2-11,13,18,27-28H,12H2,1H3,(H,25,30)(H,26,29)/t18-/m0/s1. The summed E-state index contributed by atoms with van der Waals surface area (Å²) in [4.78, 5) is 40.8. The van der Waals surface area contributed by atoms with Crippen LogP contribution in [0.25, 0.3) is 0 Å². The van der Waals surface area contributed by atoms with E-state index in [-0.39, 0.29) is 12.0 Å². The van der Waals surface area contributed by atoms with E-state index < -0.39 is 35.3 Å². The van der Waals surface area contributed by atoms with E-state index in [1.165, 1.54) is 37.7 Å². The van der Waals surface area contributed by atoms with Gasteiger partial charge in [-0.15, -0.1) is 0 Å². The summed E-state index contributed by atoms with van der Waals surface area (Å²) in [6.07, 6.45) is 3.10. The van der Waals surface area contributed by atoms with Crippen LogP contribution < -0.4 is 10.6 Å². The number of nitrogens with one attached hydrogen (secondary N) is 2. The number of carbonyl (C=O) groups excluding carboxylic acids is 3. The van der Waals surface area contributed by atoms with E-state index in [0.29, 0.717) is 16.8 Å². The second-order valence-corrected chi connectivity index (χ2v) is 6.82. The molecule has 9 heteroatoms. The number of amides is 2. The summed E-state index contributed by atoms with van der Waals surface area (Å²) in [6, 6.07) is 13.0. The van der Waals surface area contributed by atoms with Gasteiger partial charge in [0, 0.05) is 24.5 Å². The lowest BCUT2D eigenvalue weighted by atomic mass is 10.0. The lowest BCUT2D eigenvalue weighted by Crippen LogP contribution is -2.43. The molecular formula is C23H21N3O6. The van der Waals surface area contributed by atoms with Crippen molar-refractivity contribution in [3.63, 3.8) is 0 Å². The Kier molecular flexibility index (Phi) is 7.02. The molecule has 0 fully saturated rings.